The van der Waals surface area contributed by atoms with Crippen molar-refractivity contribution in [1.82, 2.24) is 0 Å². The molecule has 3 rings (SSSR count). The van der Waals surface area contributed by atoms with Crippen LogP contribution in [0.4, 0.5) is 0 Å². The van der Waals surface area contributed by atoms with Gasteiger partial charge >= 0.3 is 0 Å². The Hall–Kier alpha value is -3.83. The predicted octanol–water partition coefficient (Wildman–Crippen LogP) is 3.04. The fourth-order valence-corrected chi connectivity index (χ4v) is 3.26. The molecule has 0 bridgehead atoms. The van der Waals surface area contributed by atoms with Gasteiger partial charge < -0.3 is 0 Å². The van der Waals surface area contributed by atoms with Crippen LogP contribution in [-0.4, -0.2) is 0 Å². The average Bonchev–Trinajstić information content (AvgIpc) is 2.65. The van der Waals surface area contributed by atoms with Crippen molar-refractivity contribution in [1.29, 1.82) is 21.0 Å². The highest BCUT2D eigenvalue weighted by atomic mass is 35.5. The summed E-state index contributed by atoms with van der Waals surface area (Å²) < 4.78 is 0. The zero-order chi connectivity index (χ0) is 18.0. The van der Waals surface area contributed by atoms with E-state index in [1.807, 2.05) is 24.3 Å². The molecule has 0 atom stereocenters. The summed E-state index contributed by atoms with van der Waals surface area (Å²) in [6, 6.07) is 19.8. The molecule has 0 aliphatic rings. The number of hydrogen-bond donors (Lipinski definition) is 0. The Morgan fingerprint density at radius 3 is 1.68 bits per heavy atom. The molecule has 0 radical (unpaired) electrons. The van der Waals surface area contributed by atoms with E-state index < -0.39 is 0 Å². The molecule has 0 spiro atoms. The van der Waals surface area contributed by atoms with Crippen molar-refractivity contribution in [2.75, 3.05) is 0 Å². The van der Waals surface area contributed by atoms with Gasteiger partial charge in [-0.25, -0.2) is 0 Å². The van der Waals surface area contributed by atoms with Crippen LogP contribution in [0.2, 0.25) is 5.02 Å². The maximum absolute atomic E-state index is 9.40. The molecule has 0 aliphatic heterocycles. The molecule has 0 N–H and O–H groups in total. The summed E-state index contributed by atoms with van der Waals surface area (Å²) in [5.41, 5.74) is -0.123. The minimum absolute atomic E-state index is 0.0505. The first-order chi connectivity index (χ1) is 12.2. The van der Waals surface area contributed by atoms with Crippen LogP contribution in [-0.2, 0) is 0 Å². The fraction of sp³-hybridized carbons (Fsp3) is 0. The molecule has 0 unspecified atom stereocenters. The van der Waals surface area contributed by atoms with Gasteiger partial charge in [-0.2, -0.15) is 21.0 Å². The second-order valence-electron chi connectivity index (χ2n) is 5.16. The molecule has 25 heavy (non-hydrogen) atoms. The molecule has 0 aromatic heterocycles. The van der Waals surface area contributed by atoms with E-state index in [2.05, 4.69) is 0 Å². The predicted molar refractivity (Wildman–Crippen MR) is 95.0 cm³/mol. The van der Waals surface area contributed by atoms with Gasteiger partial charge in [0.25, 0.3) is 0 Å². The summed E-state index contributed by atoms with van der Waals surface area (Å²) >= 11 is 6.38. The summed E-state index contributed by atoms with van der Waals surface area (Å²) in [7, 11) is 0. The smallest absolute Gasteiger partial charge is 0.138 e. The van der Waals surface area contributed by atoms with E-state index >= 15 is 0 Å². The number of fused-ring (bicyclic) bond motifs is 2. The normalized spacial score (nSPS) is 9.64. The Morgan fingerprint density at radius 2 is 1.12 bits per heavy atom. The Morgan fingerprint density at radius 1 is 0.640 bits per heavy atom. The largest absolute Gasteiger partial charge is 0.192 e. The summed E-state index contributed by atoms with van der Waals surface area (Å²) in [5.74, 6) is 0. The molecule has 0 saturated carbocycles. The summed E-state index contributed by atoms with van der Waals surface area (Å²) in [6.45, 7) is 0. The molecule has 4 nitrogen and oxygen atoms in total. The Labute approximate surface area is 147 Å². The first kappa shape index (κ1) is 16.0. The van der Waals surface area contributed by atoms with Crippen molar-refractivity contribution in [3.8, 4) is 24.3 Å². The summed E-state index contributed by atoms with van der Waals surface area (Å²) in [4.78, 5) is 0. The third kappa shape index (κ3) is 2.36. The summed E-state index contributed by atoms with van der Waals surface area (Å²) in [6.07, 6.45) is 0. The first-order valence-electron chi connectivity index (χ1n) is 7.15. The monoisotopic (exact) mass is 338 g/mol. The molecule has 0 saturated heterocycles. The van der Waals surface area contributed by atoms with E-state index in [0.29, 0.717) is 37.0 Å². The third-order valence-electron chi connectivity index (χ3n) is 3.95. The molecule has 0 aliphatic carbocycles. The van der Waals surface area contributed by atoms with Crippen LogP contribution in [0, 0.1) is 45.3 Å². The summed E-state index contributed by atoms with van der Waals surface area (Å²) in [5, 5.41) is 41.0. The highest BCUT2D eigenvalue weighted by Gasteiger charge is 2.14. The van der Waals surface area contributed by atoms with E-state index in [9.17, 15) is 21.0 Å². The van der Waals surface area contributed by atoms with Crippen LogP contribution in [0.3, 0.4) is 0 Å². The van der Waals surface area contributed by atoms with Crippen molar-refractivity contribution in [2.24, 2.45) is 0 Å². The Bertz CT molecular complexity index is 1310. The molecular weight excluding hydrogens is 332 g/mol. The van der Waals surface area contributed by atoms with Crippen LogP contribution >= 0.6 is 11.6 Å². The van der Waals surface area contributed by atoms with Crippen molar-refractivity contribution in [3.05, 3.63) is 57.9 Å². The second kappa shape index (κ2) is 6.35. The quantitative estimate of drug-likeness (QED) is 0.588. The number of halogens is 1. The molecule has 3 aromatic carbocycles. The van der Waals surface area contributed by atoms with Gasteiger partial charge in [0.05, 0.1) is 0 Å². The van der Waals surface area contributed by atoms with E-state index in [4.69, 9.17) is 11.6 Å². The Balaban J connectivity index is 3.00. The zero-order valence-electron chi connectivity index (χ0n) is 12.7. The maximum Gasteiger partial charge on any atom is 0.138 e. The minimum Gasteiger partial charge on any atom is -0.192 e. The number of rotatable bonds is 0. The lowest BCUT2D eigenvalue weighted by molar-refractivity contribution is 1.50. The number of nitrogens with zero attached hydrogens (tertiary/aromatic N) is 4. The van der Waals surface area contributed by atoms with Crippen LogP contribution in [0.5, 0.6) is 0 Å². The van der Waals surface area contributed by atoms with Gasteiger partial charge in [0.2, 0.25) is 0 Å². The van der Waals surface area contributed by atoms with Crippen LogP contribution in [0.25, 0.3) is 32.7 Å². The Kier molecular flexibility index (Phi) is 4.07. The van der Waals surface area contributed by atoms with Gasteiger partial charge in [0, 0.05) is 20.8 Å². The maximum atomic E-state index is 9.40. The molecule has 3 aromatic rings. The van der Waals surface area contributed by atoms with E-state index in [1.54, 1.807) is 42.5 Å². The van der Waals surface area contributed by atoms with E-state index in [1.165, 1.54) is 0 Å². The first-order valence-corrected chi connectivity index (χ1v) is 7.53. The van der Waals surface area contributed by atoms with E-state index in [-0.39, 0.29) is 11.1 Å². The lowest BCUT2D eigenvalue weighted by atomic mass is 9.94. The second-order valence-corrected chi connectivity index (χ2v) is 5.56. The van der Waals surface area contributed by atoms with Crippen molar-refractivity contribution in [2.45, 2.75) is 0 Å². The van der Waals surface area contributed by atoms with Gasteiger partial charge in [-0.1, -0.05) is 48.0 Å². The van der Waals surface area contributed by atoms with Crippen LogP contribution < -0.4 is 10.4 Å². The van der Waals surface area contributed by atoms with Crippen molar-refractivity contribution >= 4 is 44.3 Å². The molecule has 114 valence electrons. The average molecular weight is 339 g/mol. The standard InChI is InChI=1S/C20H7ClN4/c21-17-7-3-6-16-18(12(8-22)9-23)14-4-1-2-5-15(14)19(20(16)17)13(10-24)11-25/h1-7H. The zero-order valence-corrected chi connectivity index (χ0v) is 13.5. The van der Waals surface area contributed by atoms with Gasteiger partial charge in [0.15, 0.2) is 0 Å². The minimum atomic E-state index is -0.0729. The van der Waals surface area contributed by atoms with E-state index in [0.717, 1.165) is 0 Å². The SMILES string of the molecule is N#CC(C#N)=c1c2ccccc2c(=C(C#N)C#N)c2c(Cl)cccc12. The molecule has 0 fully saturated rings. The van der Waals surface area contributed by atoms with Crippen molar-refractivity contribution < 1.29 is 0 Å². The third-order valence-corrected chi connectivity index (χ3v) is 4.26. The van der Waals surface area contributed by atoms with Gasteiger partial charge in [0.1, 0.15) is 35.4 Å². The topological polar surface area (TPSA) is 95.2 Å². The van der Waals surface area contributed by atoms with Gasteiger partial charge in [-0.3, -0.25) is 0 Å². The van der Waals surface area contributed by atoms with Gasteiger partial charge in [-0.15, -0.1) is 0 Å². The van der Waals surface area contributed by atoms with Crippen LogP contribution in [0.1, 0.15) is 0 Å². The molecule has 0 amide bonds. The van der Waals surface area contributed by atoms with Crippen molar-refractivity contribution in [3.63, 3.8) is 0 Å². The molecular formula is C20H7ClN4. The van der Waals surface area contributed by atoms with Gasteiger partial charge in [-0.05, 0) is 22.2 Å². The van der Waals surface area contributed by atoms with Crippen LogP contribution in [0.15, 0.2) is 42.5 Å². The number of benzene rings is 3. The fourth-order valence-electron chi connectivity index (χ4n) is 2.99. The molecule has 5 heteroatoms. The lowest BCUT2D eigenvalue weighted by Gasteiger charge is -2.09. The number of hydrogen-bond acceptors (Lipinski definition) is 4. The number of nitriles is 4. The molecule has 0 heterocycles. The highest BCUT2D eigenvalue weighted by molar-refractivity contribution is 6.36. The highest BCUT2D eigenvalue weighted by Crippen LogP contribution is 2.22. The lowest BCUT2D eigenvalue weighted by Crippen LogP contribution is -2.18.